The molecule has 0 aliphatic carbocycles. The molecule has 0 unspecified atom stereocenters. The largest absolute Gasteiger partial charge is 0.340 e. The van der Waals surface area contributed by atoms with Crippen LogP contribution in [0.3, 0.4) is 0 Å². The van der Waals surface area contributed by atoms with Gasteiger partial charge in [0.1, 0.15) is 33.7 Å². The Balaban J connectivity index is 0.000000201. The van der Waals surface area contributed by atoms with E-state index in [1.165, 1.54) is 47.2 Å². The van der Waals surface area contributed by atoms with Crippen molar-refractivity contribution < 1.29 is 43.4 Å². The van der Waals surface area contributed by atoms with E-state index in [4.69, 9.17) is 31.4 Å². The summed E-state index contributed by atoms with van der Waals surface area (Å²) in [4.78, 5) is 44.5. The Kier molecular flexibility index (Phi) is 11.1. The van der Waals surface area contributed by atoms with Crippen molar-refractivity contribution in [3.63, 3.8) is 0 Å². The van der Waals surface area contributed by atoms with Gasteiger partial charge in [-0.3, -0.25) is 9.59 Å². The summed E-state index contributed by atoms with van der Waals surface area (Å²) in [5.74, 6) is -3.23. The molecule has 0 saturated carbocycles. The summed E-state index contributed by atoms with van der Waals surface area (Å²) < 4.78 is 133. The molecule has 4 N–H and O–H groups in total. The Morgan fingerprint density at radius 1 is 0.726 bits per heavy atom. The number of likely N-dealkylation sites (N-methyl/N-ethyl adjacent to an activating group) is 2. The average Bonchev–Trinajstić information content (AvgIpc) is 4.07. The summed E-state index contributed by atoms with van der Waals surface area (Å²) in [6.45, 7) is -6.28. The number of nitrogens with one attached hydrogen (secondary N) is 4. The lowest BCUT2D eigenvalue weighted by Gasteiger charge is -2.35. The highest BCUT2D eigenvalue weighted by atomic mass is 35.5. The molecular formula is C36H36Cl2F2N12O6S4. The second kappa shape index (κ2) is 18.1. The van der Waals surface area contributed by atoms with Gasteiger partial charge in [-0.15, -0.1) is 22.7 Å². The number of benzene rings is 2. The second-order valence-corrected chi connectivity index (χ2v) is 19.8. The minimum absolute atomic E-state index is 0.0843. The van der Waals surface area contributed by atoms with Crippen LogP contribution in [0.25, 0.3) is 21.1 Å². The van der Waals surface area contributed by atoms with E-state index >= 15 is 0 Å². The predicted octanol–water partition coefficient (Wildman–Crippen LogP) is 5.11. The van der Waals surface area contributed by atoms with E-state index in [9.17, 15) is 35.2 Å². The minimum Gasteiger partial charge on any atom is -0.340 e. The summed E-state index contributed by atoms with van der Waals surface area (Å²) in [7, 11) is -5.62. The van der Waals surface area contributed by atoms with Crippen LogP contribution in [0.2, 0.25) is 10.0 Å². The molecule has 2 aromatic carbocycles. The summed E-state index contributed by atoms with van der Waals surface area (Å²) in [6, 6.07) is 1.66. The van der Waals surface area contributed by atoms with Gasteiger partial charge < -0.3 is 19.8 Å². The van der Waals surface area contributed by atoms with E-state index in [1.54, 1.807) is 48.3 Å². The molecule has 2 amide bonds. The van der Waals surface area contributed by atoms with Crippen LogP contribution in [0.1, 0.15) is 43.2 Å². The van der Waals surface area contributed by atoms with Crippen molar-refractivity contribution in [3.05, 3.63) is 106 Å². The molecule has 0 radical (unpaired) electrons. The third kappa shape index (κ3) is 10.0. The number of carbonyl (C=O) groups is 2. The van der Waals surface area contributed by atoms with Crippen molar-refractivity contribution in [1.82, 2.24) is 47.1 Å². The number of hydrogen-bond acceptors (Lipinski definition) is 12. The third-order valence-electron chi connectivity index (χ3n) is 9.12. The van der Waals surface area contributed by atoms with Crippen LogP contribution in [0.5, 0.6) is 0 Å². The second-order valence-electron chi connectivity index (χ2n) is 13.7. The first-order chi connectivity index (χ1) is 31.7. The quantitative estimate of drug-likeness (QED) is 0.158. The molecule has 26 heteroatoms. The number of aryl methyl sites for hydroxylation is 2. The predicted molar refractivity (Wildman–Crippen MR) is 231 cm³/mol. The van der Waals surface area contributed by atoms with E-state index < -0.39 is 82.0 Å². The zero-order chi connectivity index (χ0) is 49.7. The lowest BCUT2D eigenvalue weighted by Crippen LogP contribution is -2.55. The molecule has 18 nitrogen and oxygen atoms in total. The van der Waals surface area contributed by atoms with Crippen molar-refractivity contribution in [2.45, 2.75) is 37.0 Å². The summed E-state index contributed by atoms with van der Waals surface area (Å²) in [6.07, 6.45) is 9.38. The molecule has 0 spiro atoms. The first kappa shape index (κ1) is 37.8. The topological polar surface area (TPSA) is 218 Å². The van der Waals surface area contributed by atoms with Crippen molar-refractivity contribution in [1.29, 1.82) is 0 Å². The van der Waals surface area contributed by atoms with Crippen LogP contribution in [0.15, 0.2) is 73.8 Å². The molecule has 328 valence electrons. The van der Waals surface area contributed by atoms with Crippen molar-refractivity contribution in [2.75, 3.05) is 24.6 Å². The Morgan fingerprint density at radius 3 is 1.47 bits per heavy atom. The summed E-state index contributed by atoms with van der Waals surface area (Å²) >= 11 is 13.8. The van der Waals surface area contributed by atoms with Gasteiger partial charge in [0.25, 0.3) is 20.4 Å². The monoisotopic (exact) mass is 974 g/mol. The normalized spacial score (nSPS) is 23.0. The maximum atomic E-state index is 13.4. The summed E-state index contributed by atoms with van der Waals surface area (Å²) in [5.41, 5.74) is 1.44. The number of anilines is 2. The number of carbonyl (C=O) groups excluding carboxylic acids is 2. The maximum Gasteiger partial charge on any atom is 0.280 e. The van der Waals surface area contributed by atoms with Crippen molar-refractivity contribution in [2.24, 2.45) is 14.1 Å². The highest BCUT2D eigenvalue weighted by molar-refractivity contribution is 7.87. The molecular weight excluding hydrogens is 934 g/mol. The standard InChI is InChI=1S/2C18H18ClFN6O3S2/c2*1-25-8-14(22-9-25)16-7-21-18(30-16)13-6-15(26(2)31(28,29)24-13)17(27)23-10-3-4-12(20)11(19)5-10/h2*3-5,7-9,13,15,24H,6H2,1-2H3,(H,23,27)/t2*13-,15+/m10/s1/i2*2D3. The Morgan fingerprint density at radius 2 is 1.13 bits per heavy atom. The molecule has 6 aromatic rings. The van der Waals surface area contributed by atoms with Gasteiger partial charge in [-0.2, -0.15) is 34.9 Å². The van der Waals surface area contributed by atoms with Crippen LogP contribution >= 0.6 is 45.9 Å². The first-order valence-electron chi connectivity index (χ1n) is 20.7. The zero-order valence-corrected chi connectivity index (χ0v) is 36.6. The number of amides is 2. The Labute approximate surface area is 380 Å². The fraction of sp³-hybridized carbons (Fsp3) is 0.278. The molecule has 0 bridgehead atoms. The van der Waals surface area contributed by atoms with Crippen LogP contribution in [0, 0.1) is 11.6 Å². The number of nitrogens with zero attached hydrogens (tertiary/aromatic N) is 8. The van der Waals surface area contributed by atoms with Gasteiger partial charge in [-0.25, -0.2) is 28.7 Å². The van der Waals surface area contributed by atoms with Crippen LogP contribution < -0.4 is 20.1 Å². The molecule has 6 heterocycles. The first-order valence-corrected chi connectivity index (χ1v) is 23.0. The van der Waals surface area contributed by atoms with Gasteiger partial charge in [-0.05, 0) is 49.2 Å². The third-order valence-corrected chi connectivity index (χ3v) is 14.7. The lowest BCUT2D eigenvalue weighted by atomic mass is 10.1. The van der Waals surface area contributed by atoms with Gasteiger partial charge in [0.15, 0.2) is 0 Å². The number of hydrogen-bond donors (Lipinski definition) is 4. The number of aromatic nitrogens is 6. The van der Waals surface area contributed by atoms with E-state index in [0.717, 1.165) is 24.3 Å². The zero-order valence-electron chi connectivity index (χ0n) is 37.8. The number of rotatable bonds is 8. The number of halogens is 4. The molecule has 2 fully saturated rings. The van der Waals surface area contributed by atoms with Gasteiger partial charge in [-0.1, -0.05) is 23.2 Å². The van der Waals surface area contributed by atoms with Crippen molar-refractivity contribution in [3.8, 4) is 21.1 Å². The molecule has 2 aliphatic rings. The van der Waals surface area contributed by atoms with Crippen LogP contribution in [-0.4, -0.2) is 92.4 Å². The molecule has 2 aliphatic heterocycles. The van der Waals surface area contributed by atoms with Crippen molar-refractivity contribution >= 4 is 89.5 Å². The smallest absolute Gasteiger partial charge is 0.280 e. The Hall–Kier alpha value is -4.76. The van der Waals surface area contributed by atoms with Gasteiger partial charge >= 0.3 is 0 Å². The van der Waals surface area contributed by atoms with Crippen LogP contribution in [-0.2, 0) is 44.1 Å². The molecule has 8 rings (SSSR count). The number of thiazole rings is 2. The fourth-order valence-corrected chi connectivity index (χ4v) is 10.9. The fourth-order valence-electron chi connectivity index (χ4n) is 6.09. The summed E-state index contributed by atoms with van der Waals surface area (Å²) in [5, 5.41) is 5.02. The van der Waals surface area contributed by atoms with E-state index in [2.05, 4.69) is 40.0 Å². The number of imidazole rings is 2. The Bertz CT molecular complexity index is 2900. The van der Waals surface area contributed by atoms with E-state index in [-0.39, 0.29) is 42.9 Å². The van der Waals surface area contributed by atoms with Gasteiger partial charge in [0.05, 0.1) is 55.9 Å². The highest BCUT2D eigenvalue weighted by Crippen LogP contribution is 2.36. The molecule has 2 saturated heterocycles. The van der Waals surface area contributed by atoms with E-state index in [0.29, 0.717) is 31.2 Å². The highest BCUT2D eigenvalue weighted by Gasteiger charge is 2.43. The average molecular weight is 976 g/mol. The SMILES string of the molecule is [2H]C([2H])([2H])N1[C@@H](C(=O)Nc2ccc(F)c(Cl)c2)C[C@@H](c2ncc(-c3cn(C)cn3)s2)NS1(=O)=O.[2H]C([2H])([2H])N1[C@H](C(=O)Nc2ccc(F)c(Cl)c2)C[C@H](c2ncc(-c3cn(C)cn3)s2)NS1(=O)=O. The molecule has 62 heavy (non-hydrogen) atoms. The lowest BCUT2D eigenvalue weighted by molar-refractivity contribution is -0.120. The maximum absolute atomic E-state index is 13.4. The minimum atomic E-state index is -4.61. The molecule has 4 atom stereocenters. The van der Waals surface area contributed by atoms with Gasteiger partial charge in [0, 0.05) is 72.4 Å². The van der Waals surface area contributed by atoms with Crippen LogP contribution in [0.4, 0.5) is 20.2 Å². The van der Waals surface area contributed by atoms with Gasteiger partial charge in [0.2, 0.25) is 11.8 Å². The van der Waals surface area contributed by atoms with E-state index in [1.807, 2.05) is 0 Å². The molecule has 4 aromatic heterocycles.